The maximum absolute atomic E-state index is 12.2. The number of methoxy groups -OCH3 is 1. The number of hydrogen-bond donors (Lipinski definition) is 1. The Balaban J connectivity index is 1.55. The van der Waals surface area contributed by atoms with Gasteiger partial charge in [-0.1, -0.05) is 12.1 Å². The molecule has 0 atom stereocenters. The number of anilines is 1. The number of hydrogen-bond acceptors (Lipinski definition) is 5. The molecule has 2 aromatic rings. The van der Waals surface area contributed by atoms with Gasteiger partial charge in [0, 0.05) is 19.3 Å². The average Bonchev–Trinajstić information content (AvgIpc) is 2.67. The smallest absolute Gasteiger partial charge is 0.224 e. The fourth-order valence-corrected chi connectivity index (χ4v) is 3.25. The molecule has 1 N–H and O–H groups in total. The van der Waals surface area contributed by atoms with Crippen molar-refractivity contribution in [3.63, 3.8) is 0 Å². The summed E-state index contributed by atoms with van der Waals surface area (Å²) >= 11 is 0. The molecule has 0 aliphatic carbocycles. The van der Waals surface area contributed by atoms with Gasteiger partial charge in [0.25, 0.3) is 0 Å². The summed E-state index contributed by atoms with van der Waals surface area (Å²) in [5.41, 5.74) is 1.99. The van der Waals surface area contributed by atoms with Crippen LogP contribution < -0.4 is 15.0 Å². The Morgan fingerprint density at radius 2 is 2.04 bits per heavy atom. The first kappa shape index (κ1) is 18.2. The summed E-state index contributed by atoms with van der Waals surface area (Å²) in [7, 11) is 1.65. The van der Waals surface area contributed by atoms with Gasteiger partial charge in [0.1, 0.15) is 17.4 Å². The lowest BCUT2D eigenvalue weighted by Crippen LogP contribution is -2.31. The molecule has 1 amide bonds. The minimum Gasteiger partial charge on any atom is -0.496 e. The molecule has 6 nitrogen and oxygen atoms in total. The van der Waals surface area contributed by atoms with Crippen molar-refractivity contribution in [1.82, 2.24) is 15.3 Å². The highest BCUT2D eigenvalue weighted by atomic mass is 16.5. The third-order valence-electron chi connectivity index (χ3n) is 4.64. The number of carbonyl (C=O) groups excluding carboxylic acids is 1. The third-order valence-corrected chi connectivity index (χ3v) is 4.64. The highest BCUT2D eigenvalue weighted by molar-refractivity contribution is 5.78. The van der Waals surface area contributed by atoms with Crippen LogP contribution in [0.2, 0.25) is 0 Å². The number of piperidine rings is 1. The topological polar surface area (TPSA) is 67.3 Å². The number of nitrogens with zero attached hydrogens (tertiary/aromatic N) is 3. The highest BCUT2D eigenvalue weighted by Crippen LogP contribution is 2.19. The van der Waals surface area contributed by atoms with E-state index in [1.807, 2.05) is 31.2 Å². The van der Waals surface area contributed by atoms with Crippen LogP contribution in [-0.4, -0.2) is 36.1 Å². The second-order valence-corrected chi connectivity index (χ2v) is 6.64. The van der Waals surface area contributed by atoms with Crippen molar-refractivity contribution in [1.29, 1.82) is 0 Å². The van der Waals surface area contributed by atoms with Gasteiger partial charge >= 0.3 is 0 Å². The highest BCUT2D eigenvalue weighted by Gasteiger charge is 2.13. The lowest BCUT2D eigenvalue weighted by atomic mass is 10.1. The molecule has 0 spiro atoms. The lowest BCUT2D eigenvalue weighted by Gasteiger charge is -2.27. The van der Waals surface area contributed by atoms with Gasteiger partial charge in [-0.2, -0.15) is 0 Å². The molecule has 0 bridgehead atoms. The number of ether oxygens (including phenoxy) is 1. The Kier molecular flexibility index (Phi) is 6.04. The van der Waals surface area contributed by atoms with Crippen molar-refractivity contribution in [3.8, 4) is 5.75 Å². The lowest BCUT2D eigenvalue weighted by molar-refractivity contribution is -0.120. The number of aromatic nitrogens is 2. The van der Waals surface area contributed by atoms with E-state index in [-0.39, 0.29) is 5.91 Å². The number of nitrogens with one attached hydrogen (secondary N) is 1. The maximum atomic E-state index is 12.2. The summed E-state index contributed by atoms with van der Waals surface area (Å²) in [6.07, 6.45) is 5.80. The maximum Gasteiger partial charge on any atom is 0.224 e. The van der Waals surface area contributed by atoms with E-state index in [1.54, 1.807) is 13.3 Å². The van der Waals surface area contributed by atoms with Crippen molar-refractivity contribution in [2.45, 2.75) is 39.2 Å². The number of benzene rings is 1. The van der Waals surface area contributed by atoms with Crippen LogP contribution in [0.1, 0.15) is 36.2 Å². The van der Waals surface area contributed by atoms with E-state index in [0.717, 1.165) is 35.8 Å². The molecule has 1 fully saturated rings. The van der Waals surface area contributed by atoms with Crippen LogP contribution in [0.4, 0.5) is 5.82 Å². The molecular weight excluding hydrogens is 328 g/mol. The monoisotopic (exact) mass is 354 g/mol. The van der Waals surface area contributed by atoms with Crippen LogP contribution in [-0.2, 0) is 17.8 Å². The molecule has 1 aliphatic heterocycles. The number of amides is 1. The Bertz CT molecular complexity index is 757. The first-order chi connectivity index (χ1) is 12.7. The molecule has 0 saturated carbocycles. The van der Waals surface area contributed by atoms with Crippen molar-refractivity contribution in [2.24, 2.45) is 0 Å². The summed E-state index contributed by atoms with van der Waals surface area (Å²) in [6.45, 7) is 4.40. The summed E-state index contributed by atoms with van der Waals surface area (Å²) in [5.74, 6) is 2.39. The molecule has 3 rings (SSSR count). The Hall–Kier alpha value is -2.63. The molecular formula is C20H26N4O2. The van der Waals surface area contributed by atoms with Gasteiger partial charge in [0.05, 0.1) is 20.1 Å². The van der Waals surface area contributed by atoms with Crippen LogP contribution in [0.5, 0.6) is 5.75 Å². The molecule has 1 aliphatic rings. The molecule has 138 valence electrons. The molecule has 2 heterocycles. The van der Waals surface area contributed by atoms with Gasteiger partial charge in [0.2, 0.25) is 5.91 Å². The SMILES string of the molecule is COc1ccc(CC(=O)NCc2nccc(N3CCCCC3)n2)cc1C. The minimum absolute atomic E-state index is 0.0402. The van der Waals surface area contributed by atoms with E-state index >= 15 is 0 Å². The zero-order valence-electron chi connectivity index (χ0n) is 15.5. The first-order valence-corrected chi connectivity index (χ1v) is 9.13. The zero-order valence-corrected chi connectivity index (χ0v) is 15.5. The summed E-state index contributed by atoms with van der Waals surface area (Å²) in [6, 6.07) is 7.73. The second kappa shape index (κ2) is 8.65. The van der Waals surface area contributed by atoms with Crippen LogP contribution in [0.25, 0.3) is 0 Å². The number of carbonyl (C=O) groups is 1. The van der Waals surface area contributed by atoms with Crippen LogP contribution in [0.15, 0.2) is 30.5 Å². The predicted octanol–water partition coefficient (Wildman–Crippen LogP) is 2.64. The molecule has 1 aromatic carbocycles. The summed E-state index contributed by atoms with van der Waals surface area (Å²) < 4.78 is 5.25. The summed E-state index contributed by atoms with van der Waals surface area (Å²) in [4.78, 5) is 23.4. The zero-order chi connectivity index (χ0) is 18.4. The average molecular weight is 354 g/mol. The molecule has 6 heteroatoms. The molecule has 26 heavy (non-hydrogen) atoms. The Labute approximate surface area is 154 Å². The molecule has 1 saturated heterocycles. The van der Waals surface area contributed by atoms with Gasteiger partial charge in [-0.3, -0.25) is 4.79 Å². The summed E-state index contributed by atoms with van der Waals surface area (Å²) in [5, 5.41) is 2.91. The first-order valence-electron chi connectivity index (χ1n) is 9.13. The van der Waals surface area contributed by atoms with Crippen molar-refractivity contribution < 1.29 is 9.53 Å². The van der Waals surface area contributed by atoms with Crippen LogP contribution in [0, 0.1) is 6.92 Å². The van der Waals surface area contributed by atoms with Crippen molar-refractivity contribution >= 4 is 11.7 Å². The van der Waals surface area contributed by atoms with Crippen molar-refractivity contribution in [2.75, 3.05) is 25.1 Å². The standard InChI is InChI=1S/C20H26N4O2/c1-15-12-16(6-7-17(15)26-2)13-20(25)22-14-18-21-9-8-19(23-18)24-10-4-3-5-11-24/h6-9,12H,3-5,10-11,13-14H2,1-2H3,(H,22,25). The van der Waals surface area contributed by atoms with Gasteiger partial charge < -0.3 is 15.0 Å². The number of rotatable bonds is 6. The largest absolute Gasteiger partial charge is 0.496 e. The van der Waals surface area contributed by atoms with Crippen LogP contribution >= 0.6 is 0 Å². The van der Waals surface area contributed by atoms with Crippen molar-refractivity contribution in [3.05, 3.63) is 47.4 Å². The molecule has 1 aromatic heterocycles. The molecule has 0 radical (unpaired) electrons. The van der Waals surface area contributed by atoms with Gasteiger partial charge in [-0.15, -0.1) is 0 Å². The van der Waals surface area contributed by atoms with E-state index in [1.165, 1.54) is 19.3 Å². The van der Waals surface area contributed by atoms with Crippen LogP contribution in [0.3, 0.4) is 0 Å². The normalized spacial score (nSPS) is 14.2. The van der Waals surface area contributed by atoms with Gasteiger partial charge in [0.15, 0.2) is 0 Å². The van der Waals surface area contributed by atoms with E-state index in [4.69, 9.17) is 4.74 Å². The third kappa shape index (κ3) is 4.71. The fourth-order valence-electron chi connectivity index (χ4n) is 3.25. The Morgan fingerprint density at radius 1 is 1.23 bits per heavy atom. The number of aryl methyl sites for hydroxylation is 1. The second-order valence-electron chi connectivity index (χ2n) is 6.64. The molecule has 0 unspecified atom stereocenters. The van der Waals surface area contributed by atoms with E-state index in [0.29, 0.717) is 18.8 Å². The predicted molar refractivity (Wildman–Crippen MR) is 101 cm³/mol. The Morgan fingerprint density at radius 3 is 2.77 bits per heavy atom. The van der Waals surface area contributed by atoms with E-state index < -0.39 is 0 Å². The van der Waals surface area contributed by atoms with Gasteiger partial charge in [-0.25, -0.2) is 9.97 Å². The minimum atomic E-state index is -0.0402. The van der Waals surface area contributed by atoms with E-state index in [2.05, 4.69) is 20.2 Å². The quantitative estimate of drug-likeness (QED) is 0.864. The fraction of sp³-hybridized carbons (Fsp3) is 0.450. The van der Waals surface area contributed by atoms with E-state index in [9.17, 15) is 4.79 Å². The van der Waals surface area contributed by atoms with Gasteiger partial charge in [-0.05, 0) is 49.4 Å².